The van der Waals surface area contributed by atoms with Gasteiger partial charge in [-0.3, -0.25) is 9.59 Å². The Kier molecular flexibility index (Phi) is 11.5. The molecule has 16 rings (SSSR count). The first-order valence-electron chi connectivity index (χ1n) is 28.5. The first kappa shape index (κ1) is 48.1. The second-order valence-corrected chi connectivity index (χ2v) is 25.7. The van der Waals surface area contributed by atoms with Gasteiger partial charge in [0.1, 0.15) is 48.8 Å². The van der Waals surface area contributed by atoms with Crippen LogP contribution in [0.15, 0.2) is 24.3 Å². The maximum absolute atomic E-state index is 14.5. The molecule has 16 heterocycles. The van der Waals surface area contributed by atoms with Crippen LogP contribution in [0.25, 0.3) is 0 Å². The number of hydrogen-bond donors (Lipinski definition) is 0. The molecule has 16 aliphatic rings. The van der Waals surface area contributed by atoms with Gasteiger partial charge in [-0.25, -0.2) is 0 Å². The van der Waals surface area contributed by atoms with Gasteiger partial charge in [0.25, 0.3) is 0 Å². The molecule has 17 nitrogen and oxygen atoms in total. The van der Waals surface area contributed by atoms with Gasteiger partial charge in [-0.15, -0.1) is 0 Å². The Morgan fingerprint density at radius 1 is 0.411 bits per heavy atom. The number of ether oxygens (including phenoxy) is 15. The van der Waals surface area contributed by atoms with Crippen LogP contribution in [0.4, 0.5) is 0 Å². The van der Waals surface area contributed by atoms with Crippen molar-refractivity contribution in [3.63, 3.8) is 0 Å². The molecule has 0 amide bonds. The molecule has 29 atom stereocenters. The van der Waals surface area contributed by atoms with Crippen molar-refractivity contribution in [2.75, 3.05) is 0 Å². The quantitative estimate of drug-likeness (QED) is 0.205. The molecule has 0 N–H and O–H groups in total. The molecule has 16 aliphatic heterocycles. The van der Waals surface area contributed by atoms with Crippen LogP contribution in [0.3, 0.4) is 0 Å². The Balaban J connectivity index is 0.679. The van der Waals surface area contributed by atoms with Crippen molar-refractivity contribution in [2.24, 2.45) is 23.7 Å². The van der Waals surface area contributed by atoms with Gasteiger partial charge >= 0.3 is 11.9 Å². The van der Waals surface area contributed by atoms with Crippen LogP contribution in [0.1, 0.15) is 137 Å². The first-order chi connectivity index (χ1) is 35.1. The van der Waals surface area contributed by atoms with Crippen molar-refractivity contribution in [3.05, 3.63) is 24.3 Å². The van der Waals surface area contributed by atoms with Crippen LogP contribution in [0.2, 0.25) is 0 Å². The van der Waals surface area contributed by atoms with Crippen molar-refractivity contribution in [3.8, 4) is 0 Å². The van der Waals surface area contributed by atoms with Crippen LogP contribution < -0.4 is 0 Å². The summed E-state index contributed by atoms with van der Waals surface area (Å²) < 4.78 is 102. The van der Waals surface area contributed by atoms with Crippen LogP contribution in [0, 0.1) is 23.7 Å². The fourth-order valence-corrected chi connectivity index (χ4v) is 17.2. The molecule has 16 fully saturated rings. The Hall–Kier alpha value is -2.10. The molecule has 0 aliphatic carbocycles. The molecule has 16 saturated heterocycles. The van der Waals surface area contributed by atoms with Crippen molar-refractivity contribution in [1.29, 1.82) is 0 Å². The molecule has 0 saturated carbocycles. The van der Waals surface area contributed by atoms with Gasteiger partial charge in [-0.05, 0) is 67.9 Å². The maximum Gasteiger partial charge on any atom is 0.308 e. The Morgan fingerprint density at radius 2 is 1.05 bits per heavy atom. The zero-order valence-corrected chi connectivity index (χ0v) is 42.9. The van der Waals surface area contributed by atoms with Crippen molar-refractivity contribution in [2.45, 2.75) is 288 Å². The van der Waals surface area contributed by atoms with Crippen molar-refractivity contribution in [1.82, 2.24) is 0 Å². The third-order valence-corrected chi connectivity index (χ3v) is 20.6. The lowest BCUT2D eigenvalue weighted by Crippen LogP contribution is -2.62. The number of fused-ring (bicyclic) bond motifs is 10. The summed E-state index contributed by atoms with van der Waals surface area (Å²) in [5.74, 6) is -2.79. The van der Waals surface area contributed by atoms with Crippen LogP contribution in [-0.2, 0) is 80.6 Å². The third kappa shape index (κ3) is 7.98. The summed E-state index contributed by atoms with van der Waals surface area (Å²) in [4.78, 5) is 26.8. The summed E-state index contributed by atoms with van der Waals surface area (Å²) in [6, 6.07) is 0. The Labute approximate surface area is 427 Å². The summed E-state index contributed by atoms with van der Waals surface area (Å²) >= 11 is 0. The highest BCUT2D eigenvalue weighted by Crippen LogP contribution is 2.57. The van der Waals surface area contributed by atoms with E-state index in [0.717, 1.165) is 49.7 Å². The zero-order chi connectivity index (χ0) is 49.4. The molecular formula is C56H76O17. The number of esters is 2. The molecule has 73 heavy (non-hydrogen) atoms. The topological polar surface area (TPSA) is 173 Å². The largest absolute Gasteiger partial charge is 0.459 e. The van der Waals surface area contributed by atoms with E-state index < -0.39 is 41.8 Å². The highest BCUT2D eigenvalue weighted by molar-refractivity contribution is 5.72. The lowest BCUT2D eigenvalue weighted by Gasteiger charge is -2.50. The minimum absolute atomic E-state index is 0.00610. The van der Waals surface area contributed by atoms with Gasteiger partial charge in [0.05, 0.1) is 98.3 Å². The van der Waals surface area contributed by atoms with Gasteiger partial charge in [-0.2, -0.15) is 0 Å². The number of rotatable bonds is 0. The Morgan fingerprint density at radius 3 is 1.93 bits per heavy atom. The number of hydrogen-bond acceptors (Lipinski definition) is 17. The summed E-state index contributed by atoms with van der Waals surface area (Å²) in [5, 5.41) is 0. The van der Waals surface area contributed by atoms with Gasteiger partial charge in [0, 0.05) is 63.2 Å². The summed E-state index contributed by atoms with van der Waals surface area (Å²) in [6.45, 7) is 17.8. The molecule has 1 unspecified atom stereocenters. The highest BCUT2D eigenvalue weighted by Gasteiger charge is 2.70. The van der Waals surface area contributed by atoms with E-state index in [9.17, 15) is 9.59 Å². The maximum atomic E-state index is 14.5. The van der Waals surface area contributed by atoms with Gasteiger partial charge < -0.3 is 71.1 Å². The van der Waals surface area contributed by atoms with Crippen LogP contribution in [0.5, 0.6) is 0 Å². The number of carbonyl (C=O) groups is 2. The molecule has 0 aromatic heterocycles. The lowest BCUT2D eigenvalue weighted by molar-refractivity contribution is -0.347. The van der Waals surface area contributed by atoms with E-state index in [1.165, 1.54) is 0 Å². The third-order valence-electron chi connectivity index (χ3n) is 20.6. The van der Waals surface area contributed by atoms with Crippen molar-refractivity contribution >= 4 is 11.9 Å². The molecular weight excluding hydrogens is 945 g/mol. The van der Waals surface area contributed by atoms with E-state index in [1.54, 1.807) is 0 Å². The molecule has 3 spiro atoms. The predicted molar refractivity (Wildman–Crippen MR) is 251 cm³/mol. The number of carbonyl (C=O) groups excluding carboxylic acids is 2. The van der Waals surface area contributed by atoms with E-state index in [0.29, 0.717) is 57.8 Å². The summed E-state index contributed by atoms with van der Waals surface area (Å²) in [5.41, 5.74) is 2.17. The van der Waals surface area contributed by atoms with Crippen LogP contribution in [-0.4, -0.2) is 164 Å². The molecule has 0 aromatic carbocycles. The van der Waals surface area contributed by atoms with Crippen LogP contribution >= 0.6 is 0 Å². The highest BCUT2D eigenvalue weighted by atomic mass is 16.8. The molecule has 12 bridgehead atoms. The first-order valence-corrected chi connectivity index (χ1v) is 28.5. The van der Waals surface area contributed by atoms with E-state index in [1.807, 2.05) is 0 Å². The second kappa shape index (κ2) is 17.4. The normalized spacial score (nSPS) is 58.9. The molecule has 0 radical (unpaired) electrons. The minimum atomic E-state index is -0.889. The average Bonchev–Trinajstić information content (AvgIpc) is 4.18. The summed E-state index contributed by atoms with van der Waals surface area (Å²) in [6.07, 6.45) is 4.86. The summed E-state index contributed by atoms with van der Waals surface area (Å²) in [7, 11) is 0. The predicted octanol–water partition coefficient (Wildman–Crippen LogP) is 5.98. The lowest BCUT2D eigenvalue weighted by atomic mass is 9.79. The molecule has 0 aromatic rings. The molecule has 17 heteroatoms. The van der Waals surface area contributed by atoms with E-state index in [-0.39, 0.29) is 158 Å². The molecule has 402 valence electrons. The smallest absolute Gasteiger partial charge is 0.308 e. The van der Waals surface area contributed by atoms with E-state index in [4.69, 9.17) is 71.1 Å². The zero-order valence-electron chi connectivity index (χ0n) is 42.9. The monoisotopic (exact) mass is 1020 g/mol. The van der Waals surface area contributed by atoms with Gasteiger partial charge in [0.2, 0.25) is 0 Å². The fraction of sp³-hybridized carbons (Fsp3) is 0.893. The SMILES string of the molecule is C=C1C[C@@H]2CC[C@@]34C[C@@H]5O[C@@H]6C(O[C@H]7CC[C@H](CC(=O)O[C@@H]8[C@@H](C)[C@@H]9O[C@@H]%10C[C@]%11(C[C@@H]%12O[C@]%13(C[C@H](C)[C@@H]%14OC(=O)C[C@@H]%14O%13)C[C@H](C)[C@@H]%12O%11)O[C@@H]%10C[C@@H]9O[C@H]8C[C@@H]8O[C@@H](CC[C@@H]1O2)C[C@@H](C)C8=C)O[C@@H]7[C@@H]6O3)[C@@H]5O4. The standard InChI is InChI=1S/C56H76O17/c1-24-13-30-7-9-33-25(2)14-32(59-33)11-12-54-22-41-50(72-54)51-52(65-41)53(73-54)49-34(63-51)10-8-31(61-49)15-43(57)67-48-29(6)47-38(62-37(48)16-35(60-30)28(24)5)17-36-40(64-47)21-56(68-36)23-42-46(71-56)27(4)20-55(70-42)19-26(3)45-39(69-55)18-44(58)66-45/h24,26-27,29-42,45-53H,2,5,7-23H2,1,3-4,6H3/t24-,26+,27+,29+,30+,31-,32+,33+,34+,35+,36-,37+,38+,39+,40-,41+,42+,45+,46+,47+,48-,49+,50-,51?,52-,53+,54+,55-,56+/m1/s1. The van der Waals surface area contributed by atoms with E-state index >= 15 is 0 Å². The Bertz CT molecular complexity index is 2240. The van der Waals surface area contributed by atoms with E-state index in [2.05, 4.69) is 40.9 Å². The average molecular weight is 1020 g/mol. The van der Waals surface area contributed by atoms with Gasteiger partial charge in [0.15, 0.2) is 17.4 Å². The fourth-order valence-electron chi connectivity index (χ4n) is 17.2. The van der Waals surface area contributed by atoms with Gasteiger partial charge in [-0.1, -0.05) is 40.9 Å². The second-order valence-electron chi connectivity index (χ2n) is 25.7. The minimum Gasteiger partial charge on any atom is -0.459 e. The van der Waals surface area contributed by atoms with Crippen molar-refractivity contribution < 1.29 is 80.6 Å².